The average molecular weight is 353 g/mol. The topological polar surface area (TPSA) is 89.3 Å². The van der Waals surface area contributed by atoms with Crippen molar-refractivity contribution < 1.29 is 13.3 Å². The maximum absolute atomic E-state index is 12.3. The van der Waals surface area contributed by atoms with Crippen molar-refractivity contribution in [3.63, 3.8) is 0 Å². The van der Waals surface area contributed by atoms with Gasteiger partial charge in [0.05, 0.1) is 4.92 Å². The molecule has 0 amide bonds. The molecule has 0 saturated heterocycles. The Bertz CT molecular complexity index is 621. The Balaban J connectivity index is 2.09. The summed E-state index contributed by atoms with van der Waals surface area (Å²) in [6.45, 7) is 2.14. The van der Waals surface area contributed by atoms with Crippen molar-refractivity contribution in [3.8, 4) is 0 Å². The Morgan fingerprint density at radius 2 is 2.05 bits per heavy atom. The van der Waals surface area contributed by atoms with Crippen LogP contribution in [0.5, 0.6) is 0 Å². The van der Waals surface area contributed by atoms with Gasteiger partial charge >= 0.3 is 0 Å². The van der Waals surface area contributed by atoms with Crippen molar-refractivity contribution in [2.24, 2.45) is 5.92 Å². The second-order valence-electron chi connectivity index (χ2n) is 5.23. The van der Waals surface area contributed by atoms with Crippen LogP contribution in [0.25, 0.3) is 0 Å². The van der Waals surface area contributed by atoms with Gasteiger partial charge in [0.1, 0.15) is 4.21 Å². The third-order valence-electron chi connectivity index (χ3n) is 3.85. The van der Waals surface area contributed by atoms with Crippen molar-refractivity contribution in [3.05, 3.63) is 20.5 Å². The molecule has 0 radical (unpaired) electrons. The lowest BCUT2D eigenvalue weighted by Gasteiger charge is -2.27. The largest absolute Gasteiger partial charge is 0.300 e. The third-order valence-corrected chi connectivity index (χ3v) is 7.19. The van der Waals surface area contributed by atoms with Crippen LogP contribution in [-0.2, 0) is 10.0 Å². The van der Waals surface area contributed by atoms with Gasteiger partial charge in [-0.3, -0.25) is 10.1 Å². The van der Waals surface area contributed by atoms with E-state index in [4.69, 9.17) is 11.6 Å². The van der Waals surface area contributed by atoms with Crippen LogP contribution in [-0.4, -0.2) is 19.4 Å². The maximum Gasteiger partial charge on any atom is 0.300 e. The van der Waals surface area contributed by atoms with Gasteiger partial charge in [0, 0.05) is 12.1 Å². The smallest absolute Gasteiger partial charge is 0.258 e. The minimum Gasteiger partial charge on any atom is -0.258 e. The zero-order valence-electron chi connectivity index (χ0n) is 11.5. The van der Waals surface area contributed by atoms with E-state index >= 15 is 0 Å². The monoisotopic (exact) mass is 352 g/mol. The number of sulfonamides is 1. The molecule has 118 valence electrons. The molecule has 0 unspecified atom stereocenters. The molecular formula is C12H17ClN2O4S2. The summed E-state index contributed by atoms with van der Waals surface area (Å²) in [6, 6.07) is 0.922. The lowest BCUT2D eigenvalue weighted by molar-refractivity contribution is -0.384. The minimum absolute atomic E-state index is 0.0993. The lowest BCUT2D eigenvalue weighted by Crippen LogP contribution is -2.37. The highest BCUT2D eigenvalue weighted by atomic mass is 35.5. The molecule has 1 heterocycles. The fraction of sp³-hybridized carbons (Fsp3) is 0.667. The van der Waals surface area contributed by atoms with E-state index in [0.29, 0.717) is 17.3 Å². The van der Waals surface area contributed by atoms with Gasteiger partial charge in [0.15, 0.2) is 4.34 Å². The molecule has 0 spiro atoms. The first-order valence-electron chi connectivity index (χ1n) is 6.79. The Labute approximate surface area is 132 Å². The predicted octanol–water partition coefficient (Wildman–Crippen LogP) is 3.56. The van der Waals surface area contributed by atoms with Crippen LogP contribution in [0, 0.1) is 16.0 Å². The van der Waals surface area contributed by atoms with Crippen molar-refractivity contribution in [1.29, 1.82) is 0 Å². The zero-order valence-corrected chi connectivity index (χ0v) is 13.9. The molecule has 0 atom stereocenters. The lowest BCUT2D eigenvalue weighted by atomic mass is 9.85. The SMILES string of the molecule is CCC1CCC(NS(=O)(=O)c2cc([N+](=O)[O-])c(Cl)s2)CC1. The maximum atomic E-state index is 12.3. The molecular weight excluding hydrogens is 336 g/mol. The highest BCUT2D eigenvalue weighted by Gasteiger charge is 2.29. The van der Waals surface area contributed by atoms with Gasteiger partial charge in [-0.1, -0.05) is 24.9 Å². The second kappa shape index (κ2) is 6.60. The number of rotatable bonds is 5. The van der Waals surface area contributed by atoms with E-state index in [-0.39, 0.29) is 20.3 Å². The van der Waals surface area contributed by atoms with Gasteiger partial charge in [-0.25, -0.2) is 13.1 Å². The summed E-state index contributed by atoms with van der Waals surface area (Å²) in [5, 5.41) is 10.7. The number of thiophene rings is 1. The van der Waals surface area contributed by atoms with Crippen LogP contribution in [0.2, 0.25) is 4.34 Å². The van der Waals surface area contributed by atoms with Crippen LogP contribution >= 0.6 is 22.9 Å². The summed E-state index contributed by atoms with van der Waals surface area (Å²) in [5.74, 6) is 0.669. The fourth-order valence-electron chi connectivity index (χ4n) is 2.56. The third kappa shape index (κ3) is 3.94. The number of nitrogens with zero attached hydrogens (tertiary/aromatic N) is 1. The molecule has 0 bridgehead atoms. The Morgan fingerprint density at radius 3 is 2.52 bits per heavy atom. The summed E-state index contributed by atoms with van der Waals surface area (Å²) in [5.41, 5.74) is -0.364. The van der Waals surface area contributed by atoms with Gasteiger partial charge in [-0.15, -0.1) is 11.3 Å². The molecule has 1 aromatic rings. The Kier molecular flexibility index (Phi) is 5.24. The molecule has 0 aromatic carbocycles. The summed E-state index contributed by atoms with van der Waals surface area (Å²) < 4.78 is 26.9. The van der Waals surface area contributed by atoms with E-state index in [0.717, 1.165) is 38.2 Å². The number of nitrogens with one attached hydrogen (secondary N) is 1. The normalized spacial score (nSPS) is 23.1. The Hall–Kier alpha value is -0.700. The summed E-state index contributed by atoms with van der Waals surface area (Å²) in [7, 11) is -3.74. The summed E-state index contributed by atoms with van der Waals surface area (Å²) in [6.07, 6.45) is 4.74. The van der Waals surface area contributed by atoms with Gasteiger partial charge in [-0.2, -0.15) is 0 Å². The predicted molar refractivity (Wildman–Crippen MR) is 82.3 cm³/mol. The standard InChI is InChI=1S/C12H17ClN2O4S2/c1-2-8-3-5-9(6-4-8)14-21(18,19)11-7-10(15(16)17)12(13)20-11/h7-9,14H,2-6H2,1H3. The Morgan fingerprint density at radius 1 is 1.43 bits per heavy atom. The number of hydrogen-bond acceptors (Lipinski definition) is 5. The van der Waals surface area contributed by atoms with Crippen molar-refractivity contribution in [1.82, 2.24) is 4.72 Å². The first kappa shape index (κ1) is 16.7. The van der Waals surface area contributed by atoms with E-state index in [1.54, 1.807) is 0 Å². The molecule has 1 fully saturated rings. The molecule has 6 nitrogen and oxygen atoms in total. The first-order chi connectivity index (χ1) is 9.83. The fourth-order valence-corrected chi connectivity index (χ4v) is 5.55. The molecule has 1 N–H and O–H groups in total. The molecule has 21 heavy (non-hydrogen) atoms. The molecule has 1 saturated carbocycles. The van der Waals surface area contributed by atoms with Crippen LogP contribution < -0.4 is 4.72 Å². The average Bonchev–Trinajstić information content (AvgIpc) is 2.82. The quantitative estimate of drug-likeness (QED) is 0.648. The van der Waals surface area contributed by atoms with E-state index < -0.39 is 14.9 Å². The molecule has 1 aliphatic rings. The van der Waals surface area contributed by atoms with Crippen LogP contribution in [0.15, 0.2) is 10.3 Å². The van der Waals surface area contributed by atoms with Gasteiger partial charge < -0.3 is 0 Å². The molecule has 1 aliphatic carbocycles. The van der Waals surface area contributed by atoms with Gasteiger partial charge in [-0.05, 0) is 31.6 Å². The van der Waals surface area contributed by atoms with E-state index in [1.807, 2.05) is 0 Å². The summed E-state index contributed by atoms with van der Waals surface area (Å²) >= 11 is 6.43. The zero-order chi connectivity index (χ0) is 15.6. The van der Waals surface area contributed by atoms with Gasteiger partial charge in [0.25, 0.3) is 15.7 Å². The first-order valence-corrected chi connectivity index (χ1v) is 9.47. The number of nitro groups is 1. The summed E-state index contributed by atoms with van der Waals surface area (Å²) in [4.78, 5) is 10.1. The highest BCUT2D eigenvalue weighted by molar-refractivity contribution is 7.91. The van der Waals surface area contributed by atoms with E-state index in [9.17, 15) is 18.5 Å². The minimum atomic E-state index is -3.74. The van der Waals surface area contributed by atoms with Crippen LogP contribution in [0.3, 0.4) is 0 Å². The molecule has 1 aromatic heterocycles. The van der Waals surface area contributed by atoms with Gasteiger partial charge in [0.2, 0.25) is 0 Å². The molecule has 9 heteroatoms. The van der Waals surface area contributed by atoms with Crippen LogP contribution in [0.4, 0.5) is 5.69 Å². The van der Waals surface area contributed by atoms with E-state index in [2.05, 4.69) is 11.6 Å². The van der Waals surface area contributed by atoms with Crippen LogP contribution in [0.1, 0.15) is 39.0 Å². The molecule has 0 aliphatic heterocycles. The number of hydrogen-bond donors (Lipinski definition) is 1. The van der Waals surface area contributed by atoms with Crippen molar-refractivity contribution >= 4 is 38.6 Å². The number of halogens is 1. The van der Waals surface area contributed by atoms with Crippen molar-refractivity contribution in [2.45, 2.75) is 49.3 Å². The highest BCUT2D eigenvalue weighted by Crippen LogP contribution is 2.36. The second-order valence-corrected chi connectivity index (χ2v) is 8.82. The van der Waals surface area contributed by atoms with Crippen molar-refractivity contribution in [2.75, 3.05) is 0 Å². The molecule has 2 rings (SSSR count). The van der Waals surface area contributed by atoms with E-state index in [1.165, 1.54) is 0 Å².